The molecule has 0 unspecified atom stereocenters. The Kier molecular flexibility index (Phi) is 1.88. The first-order chi connectivity index (χ1) is 8.72. The van der Waals surface area contributed by atoms with Crippen molar-refractivity contribution in [2.45, 2.75) is 31.7 Å². The topological polar surface area (TPSA) is 49.4 Å². The average molecular weight is 242 g/mol. The molecule has 18 heavy (non-hydrogen) atoms. The van der Waals surface area contributed by atoms with Gasteiger partial charge in [-0.3, -0.25) is 9.59 Å². The zero-order valence-electron chi connectivity index (χ0n) is 10.0. The van der Waals surface area contributed by atoms with E-state index in [-0.39, 0.29) is 11.8 Å². The van der Waals surface area contributed by atoms with Crippen molar-refractivity contribution in [3.05, 3.63) is 28.8 Å². The minimum Gasteiger partial charge on any atom is -0.349 e. The zero-order chi connectivity index (χ0) is 12.3. The average Bonchev–Trinajstić information content (AvgIpc) is 2.96. The van der Waals surface area contributed by atoms with Crippen LogP contribution in [-0.4, -0.2) is 24.4 Å². The molecule has 0 radical (unpaired) electrons. The zero-order valence-corrected chi connectivity index (χ0v) is 10.0. The molecule has 1 aromatic carbocycles. The number of rotatable bonds is 2. The van der Waals surface area contributed by atoms with Gasteiger partial charge in [0.15, 0.2) is 0 Å². The van der Waals surface area contributed by atoms with Crippen molar-refractivity contribution >= 4 is 17.5 Å². The molecule has 4 heteroatoms. The quantitative estimate of drug-likeness (QED) is 0.842. The van der Waals surface area contributed by atoms with Gasteiger partial charge in [-0.15, -0.1) is 0 Å². The monoisotopic (exact) mass is 242 g/mol. The summed E-state index contributed by atoms with van der Waals surface area (Å²) in [5, 5.41) is 3.00. The molecule has 1 aliphatic carbocycles. The number of carbonyl (C=O) groups excluding carboxylic acids is 2. The van der Waals surface area contributed by atoms with Crippen LogP contribution in [0.5, 0.6) is 0 Å². The minimum atomic E-state index is 0.00866. The van der Waals surface area contributed by atoms with Gasteiger partial charge in [-0.1, -0.05) is 0 Å². The van der Waals surface area contributed by atoms with E-state index in [2.05, 4.69) is 5.32 Å². The second kappa shape index (κ2) is 3.34. The third-order valence-electron chi connectivity index (χ3n) is 3.96. The number of nitrogens with zero attached hydrogens (tertiary/aromatic N) is 1. The summed E-state index contributed by atoms with van der Waals surface area (Å²) in [5.74, 6) is 0.179. The highest BCUT2D eigenvalue weighted by molar-refractivity contribution is 6.05. The molecule has 0 atom stereocenters. The lowest BCUT2D eigenvalue weighted by Gasteiger charge is -2.10. The van der Waals surface area contributed by atoms with E-state index in [0.717, 1.165) is 42.6 Å². The predicted molar refractivity (Wildman–Crippen MR) is 66.7 cm³/mol. The van der Waals surface area contributed by atoms with E-state index in [4.69, 9.17) is 0 Å². The van der Waals surface area contributed by atoms with Gasteiger partial charge in [0.05, 0.1) is 12.1 Å². The van der Waals surface area contributed by atoms with Crippen molar-refractivity contribution in [3.63, 3.8) is 0 Å². The van der Waals surface area contributed by atoms with Gasteiger partial charge in [-0.05, 0) is 42.5 Å². The van der Waals surface area contributed by atoms with Crippen LogP contribution in [0.15, 0.2) is 12.1 Å². The Labute approximate surface area is 105 Å². The molecule has 2 amide bonds. The lowest BCUT2D eigenvalue weighted by atomic mass is 10.0. The van der Waals surface area contributed by atoms with Crippen LogP contribution in [0.1, 0.15) is 34.3 Å². The Morgan fingerprint density at radius 1 is 1.28 bits per heavy atom. The van der Waals surface area contributed by atoms with E-state index in [1.54, 1.807) is 0 Å². The summed E-state index contributed by atoms with van der Waals surface area (Å²) in [6, 6.07) is 4.21. The summed E-state index contributed by atoms with van der Waals surface area (Å²) in [4.78, 5) is 25.7. The molecule has 2 aliphatic heterocycles. The highest BCUT2D eigenvalue weighted by Crippen LogP contribution is 2.38. The maximum atomic E-state index is 12.0. The van der Waals surface area contributed by atoms with E-state index in [9.17, 15) is 9.59 Å². The molecule has 4 nitrogen and oxygen atoms in total. The lowest BCUT2D eigenvalue weighted by molar-refractivity contribution is -0.117. The normalized spacial score (nSPS) is 20.2. The molecule has 0 spiro atoms. The molecule has 3 aliphatic rings. The van der Waals surface area contributed by atoms with Gasteiger partial charge in [-0.2, -0.15) is 0 Å². The maximum absolute atomic E-state index is 12.0. The molecular weight excluding hydrogens is 228 g/mol. The fraction of sp³-hybridized carbons (Fsp3) is 0.429. The first kappa shape index (κ1) is 10.1. The van der Waals surface area contributed by atoms with Gasteiger partial charge >= 0.3 is 0 Å². The van der Waals surface area contributed by atoms with E-state index in [1.807, 2.05) is 17.0 Å². The summed E-state index contributed by atoms with van der Waals surface area (Å²) in [7, 11) is 0. The van der Waals surface area contributed by atoms with Crippen molar-refractivity contribution in [1.82, 2.24) is 5.32 Å². The van der Waals surface area contributed by atoms with Gasteiger partial charge in [0.1, 0.15) is 0 Å². The van der Waals surface area contributed by atoms with Crippen LogP contribution in [0, 0.1) is 0 Å². The molecule has 1 saturated carbocycles. The highest BCUT2D eigenvalue weighted by atomic mass is 16.2. The summed E-state index contributed by atoms with van der Waals surface area (Å²) in [6.45, 7) is 0.773. The van der Waals surface area contributed by atoms with Crippen LogP contribution >= 0.6 is 0 Å². The maximum Gasteiger partial charge on any atom is 0.251 e. The smallest absolute Gasteiger partial charge is 0.251 e. The first-order valence-electron chi connectivity index (χ1n) is 6.49. The van der Waals surface area contributed by atoms with Crippen LogP contribution < -0.4 is 10.2 Å². The molecule has 4 rings (SSSR count). The molecular formula is C14H14N2O2. The van der Waals surface area contributed by atoms with Gasteiger partial charge in [0.25, 0.3) is 5.91 Å². The number of nitrogens with one attached hydrogen (secondary N) is 1. The first-order valence-corrected chi connectivity index (χ1v) is 6.49. The van der Waals surface area contributed by atoms with Crippen LogP contribution in [-0.2, 0) is 17.6 Å². The lowest BCUT2D eigenvalue weighted by Crippen LogP contribution is -2.25. The number of carbonyl (C=O) groups is 2. The standard InChI is InChI=1S/C14H14N2O2/c17-12-7-9-6-10(14(18)15-11-1-2-11)5-8-3-4-16(12)13(8)9/h5-6,11H,1-4,7H2,(H,15,18). The van der Waals surface area contributed by atoms with Gasteiger partial charge in [0, 0.05) is 18.2 Å². The molecule has 1 fully saturated rings. The Morgan fingerprint density at radius 2 is 2.06 bits per heavy atom. The van der Waals surface area contributed by atoms with Crippen LogP contribution in [0.2, 0.25) is 0 Å². The Morgan fingerprint density at radius 3 is 2.83 bits per heavy atom. The van der Waals surface area contributed by atoms with E-state index >= 15 is 0 Å². The fourth-order valence-electron chi connectivity index (χ4n) is 2.91. The van der Waals surface area contributed by atoms with Gasteiger partial charge < -0.3 is 10.2 Å². The molecule has 0 saturated heterocycles. The molecule has 1 N–H and O–H groups in total. The van der Waals surface area contributed by atoms with Crippen LogP contribution in [0.4, 0.5) is 5.69 Å². The molecule has 0 aromatic heterocycles. The summed E-state index contributed by atoms with van der Waals surface area (Å²) in [5.41, 5.74) is 3.96. The van der Waals surface area contributed by atoms with Gasteiger partial charge in [0.2, 0.25) is 5.91 Å². The summed E-state index contributed by atoms with van der Waals surface area (Å²) in [6.07, 6.45) is 3.51. The van der Waals surface area contributed by atoms with Gasteiger partial charge in [-0.25, -0.2) is 0 Å². The van der Waals surface area contributed by atoms with E-state index in [0.29, 0.717) is 18.0 Å². The molecule has 2 heterocycles. The van der Waals surface area contributed by atoms with Crippen molar-refractivity contribution in [1.29, 1.82) is 0 Å². The van der Waals surface area contributed by atoms with E-state index < -0.39 is 0 Å². The molecule has 92 valence electrons. The summed E-state index contributed by atoms with van der Waals surface area (Å²) < 4.78 is 0. The molecule has 0 bridgehead atoms. The number of hydrogen-bond donors (Lipinski definition) is 1. The SMILES string of the molecule is O=C(NC1CC1)c1cc2c3c(c1)CC(=O)N3CC2. The van der Waals surface area contributed by atoms with Crippen molar-refractivity contribution < 1.29 is 9.59 Å². The van der Waals surface area contributed by atoms with Crippen molar-refractivity contribution in [2.24, 2.45) is 0 Å². The van der Waals surface area contributed by atoms with Crippen LogP contribution in [0.3, 0.4) is 0 Å². The Bertz CT molecular complexity index is 575. The van der Waals surface area contributed by atoms with Crippen molar-refractivity contribution in [2.75, 3.05) is 11.4 Å². The largest absolute Gasteiger partial charge is 0.349 e. The second-order valence-electron chi connectivity index (χ2n) is 5.36. The Hall–Kier alpha value is -1.84. The third kappa shape index (κ3) is 1.38. The summed E-state index contributed by atoms with van der Waals surface area (Å²) >= 11 is 0. The Balaban J connectivity index is 1.73. The van der Waals surface area contributed by atoms with E-state index in [1.165, 1.54) is 0 Å². The number of amides is 2. The minimum absolute atomic E-state index is 0.00866. The van der Waals surface area contributed by atoms with Crippen LogP contribution in [0.25, 0.3) is 0 Å². The highest BCUT2D eigenvalue weighted by Gasteiger charge is 2.35. The number of hydrogen-bond acceptors (Lipinski definition) is 2. The second-order valence-corrected chi connectivity index (χ2v) is 5.36. The number of anilines is 1. The fourth-order valence-corrected chi connectivity index (χ4v) is 2.91. The van der Waals surface area contributed by atoms with Crippen molar-refractivity contribution in [3.8, 4) is 0 Å². The predicted octanol–water partition coefficient (Wildman–Crippen LogP) is 1.02. The third-order valence-corrected chi connectivity index (χ3v) is 3.96. The number of benzene rings is 1. The molecule has 1 aromatic rings.